The topological polar surface area (TPSA) is 37.3 Å². The zero-order chi connectivity index (χ0) is 12.3. The van der Waals surface area contributed by atoms with E-state index in [1.54, 1.807) is 0 Å². The van der Waals surface area contributed by atoms with Crippen LogP contribution in [0.25, 0.3) is 11.1 Å². The largest absolute Gasteiger partial charge is 0.481 e. The number of carbonyl (C=O) groups is 1. The molecule has 0 radical (unpaired) electrons. The Morgan fingerprint density at radius 3 is 1.67 bits per heavy atom. The van der Waals surface area contributed by atoms with Crippen LogP contribution in [0.2, 0.25) is 0 Å². The second kappa shape index (κ2) is 6.46. The van der Waals surface area contributed by atoms with Crippen LogP contribution in [0, 0.1) is 0 Å². The molecule has 0 aromatic heterocycles. The van der Waals surface area contributed by atoms with Crippen LogP contribution in [0.1, 0.15) is 18.1 Å². The molecule has 1 aliphatic carbocycles. The Morgan fingerprint density at radius 1 is 0.944 bits per heavy atom. The van der Waals surface area contributed by atoms with Crippen molar-refractivity contribution in [1.29, 1.82) is 0 Å². The zero-order valence-electron chi connectivity index (χ0n) is 10.0. The Kier molecular flexibility index (Phi) is 5.24. The molecule has 18 heavy (non-hydrogen) atoms. The first-order chi connectivity index (χ1) is 8.18. The van der Waals surface area contributed by atoms with E-state index in [9.17, 15) is 0 Å². The minimum absolute atomic E-state index is 0. The molecule has 0 saturated heterocycles. The van der Waals surface area contributed by atoms with Crippen molar-refractivity contribution in [2.24, 2.45) is 0 Å². The molecular formula is C15H14O2Ru. The van der Waals surface area contributed by atoms with Crippen molar-refractivity contribution >= 4 is 5.97 Å². The normalized spacial score (nSPS) is 10.3. The van der Waals surface area contributed by atoms with E-state index in [1.807, 2.05) is 0 Å². The second-order valence-corrected chi connectivity index (χ2v) is 4.01. The summed E-state index contributed by atoms with van der Waals surface area (Å²) in [4.78, 5) is 9.00. The fourth-order valence-corrected chi connectivity index (χ4v) is 2.08. The maximum Gasteiger partial charge on any atom is 0.300 e. The predicted octanol–water partition coefficient (Wildman–Crippen LogP) is 3.35. The zero-order valence-corrected chi connectivity index (χ0v) is 11.8. The minimum Gasteiger partial charge on any atom is -0.481 e. The Balaban J connectivity index is 0.000000289. The number of fused-ring (bicyclic) bond motifs is 3. The first-order valence-electron chi connectivity index (χ1n) is 5.54. The summed E-state index contributed by atoms with van der Waals surface area (Å²) in [6.45, 7) is 1.08. The summed E-state index contributed by atoms with van der Waals surface area (Å²) in [7, 11) is 0. The average molecular weight is 327 g/mol. The van der Waals surface area contributed by atoms with Gasteiger partial charge in [-0.25, -0.2) is 0 Å². The molecule has 0 aliphatic heterocycles. The first-order valence-corrected chi connectivity index (χ1v) is 5.54. The molecule has 1 N–H and O–H groups in total. The molecule has 1 aliphatic rings. The predicted molar refractivity (Wildman–Crippen MR) is 68.0 cm³/mol. The number of aliphatic carboxylic acids is 1. The molecule has 2 nitrogen and oxygen atoms in total. The molecule has 0 heterocycles. The third-order valence-corrected chi connectivity index (χ3v) is 2.71. The third kappa shape index (κ3) is 3.27. The van der Waals surface area contributed by atoms with Gasteiger partial charge in [-0.1, -0.05) is 48.5 Å². The van der Waals surface area contributed by atoms with E-state index in [1.165, 1.54) is 22.3 Å². The van der Waals surface area contributed by atoms with Crippen molar-refractivity contribution in [2.75, 3.05) is 0 Å². The van der Waals surface area contributed by atoms with E-state index in [-0.39, 0.29) is 19.5 Å². The summed E-state index contributed by atoms with van der Waals surface area (Å²) < 4.78 is 0. The first kappa shape index (κ1) is 14.6. The van der Waals surface area contributed by atoms with Crippen LogP contribution in [0.3, 0.4) is 0 Å². The maximum absolute atomic E-state index is 9.00. The smallest absolute Gasteiger partial charge is 0.300 e. The van der Waals surface area contributed by atoms with E-state index < -0.39 is 5.97 Å². The molecule has 0 bridgehead atoms. The van der Waals surface area contributed by atoms with Gasteiger partial charge in [0.25, 0.3) is 5.97 Å². The maximum atomic E-state index is 9.00. The van der Waals surface area contributed by atoms with E-state index in [4.69, 9.17) is 9.90 Å². The van der Waals surface area contributed by atoms with E-state index in [2.05, 4.69) is 48.5 Å². The molecule has 0 spiro atoms. The monoisotopic (exact) mass is 328 g/mol. The SMILES string of the molecule is CC(=O)O.[Ru].c1ccc2c(c1)Cc1ccccc1-2. The molecule has 94 valence electrons. The summed E-state index contributed by atoms with van der Waals surface area (Å²) >= 11 is 0. The molecular weight excluding hydrogens is 313 g/mol. The number of carboxylic acids is 1. The third-order valence-electron chi connectivity index (χ3n) is 2.71. The van der Waals surface area contributed by atoms with Gasteiger partial charge in [0.1, 0.15) is 0 Å². The number of hydrogen-bond acceptors (Lipinski definition) is 1. The summed E-state index contributed by atoms with van der Waals surface area (Å²) in [6, 6.07) is 17.3. The molecule has 0 amide bonds. The molecule has 3 rings (SSSR count). The van der Waals surface area contributed by atoms with E-state index in [0.29, 0.717) is 0 Å². The summed E-state index contributed by atoms with van der Waals surface area (Å²) in [5, 5.41) is 7.42. The molecule has 3 heteroatoms. The molecule has 0 fully saturated rings. The summed E-state index contributed by atoms with van der Waals surface area (Å²) in [5.41, 5.74) is 5.75. The van der Waals surface area contributed by atoms with Crippen molar-refractivity contribution in [3.63, 3.8) is 0 Å². The van der Waals surface area contributed by atoms with Gasteiger partial charge in [-0.3, -0.25) is 4.79 Å². The Morgan fingerprint density at radius 2 is 1.28 bits per heavy atom. The molecule has 2 aromatic rings. The van der Waals surface area contributed by atoms with Crippen molar-refractivity contribution in [3.8, 4) is 11.1 Å². The van der Waals surface area contributed by atoms with Crippen molar-refractivity contribution in [1.82, 2.24) is 0 Å². The molecule has 0 atom stereocenters. The number of hydrogen-bond donors (Lipinski definition) is 1. The average Bonchev–Trinajstić information content (AvgIpc) is 2.66. The van der Waals surface area contributed by atoms with Gasteiger partial charge in [0.05, 0.1) is 0 Å². The minimum atomic E-state index is -0.833. The fraction of sp³-hybridized carbons (Fsp3) is 0.133. The number of benzene rings is 2. The molecule has 0 saturated carbocycles. The van der Waals surface area contributed by atoms with E-state index >= 15 is 0 Å². The van der Waals surface area contributed by atoms with Gasteiger partial charge < -0.3 is 5.11 Å². The van der Waals surface area contributed by atoms with Gasteiger partial charge in [-0.05, 0) is 28.7 Å². The Labute approximate surface area is 119 Å². The Hall–Kier alpha value is -1.47. The second-order valence-electron chi connectivity index (χ2n) is 4.01. The fourth-order valence-electron chi connectivity index (χ4n) is 2.08. The van der Waals surface area contributed by atoms with Gasteiger partial charge >= 0.3 is 0 Å². The van der Waals surface area contributed by atoms with Crippen LogP contribution >= 0.6 is 0 Å². The van der Waals surface area contributed by atoms with Crippen LogP contribution in [-0.4, -0.2) is 11.1 Å². The molecule has 2 aromatic carbocycles. The number of carboxylic acid groups (broad SMARTS) is 1. The quantitative estimate of drug-likeness (QED) is 0.643. The van der Waals surface area contributed by atoms with Crippen LogP contribution in [-0.2, 0) is 30.7 Å². The van der Waals surface area contributed by atoms with Crippen molar-refractivity contribution in [2.45, 2.75) is 13.3 Å². The van der Waals surface area contributed by atoms with Crippen LogP contribution in [0.5, 0.6) is 0 Å². The number of rotatable bonds is 0. The van der Waals surface area contributed by atoms with Crippen LogP contribution in [0.4, 0.5) is 0 Å². The molecule has 0 unspecified atom stereocenters. The summed E-state index contributed by atoms with van der Waals surface area (Å²) in [5.74, 6) is -0.833. The van der Waals surface area contributed by atoms with Gasteiger partial charge in [0.15, 0.2) is 0 Å². The van der Waals surface area contributed by atoms with Crippen molar-refractivity contribution < 1.29 is 29.4 Å². The van der Waals surface area contributed by atoms with Crippen molar-refractivity contribution in [3.05, 3.63) is 59.7 Å². The van der Waals surface area contributed by atoms with Gasteiger partial charge in [0, 0.05) is 26.4 Å². The Bertz CT molecular complexity index is 502. The van der Waals surface area contributed by atoms with Gasteiger partial charge in [0.2, 0.25) is 0 Å². The van der Waals surface area contributed by atoms with Crippen LogP contribution < -0.4 is 0 Å². The van der Waals surface area contributed by atoms with Gasteiger partial charge in [-0.15, -0.1) is 0 Å². The van der Waals surface area contributed by atoms with Gasteiger partial charge in [-0.2, -0.15) is 0 Å². The van der Waals surface area contributed by atoms with Crippen LogP contribution in [0.15, 0.2) is 48.5 Å². The standard InChI is InChI=1S/C13H10.C2H4O2.Ru/c1-3-7-12-10(5-1)9-11-6-2-4-8-13(11)12;1-2(3)4;/h1-8H,9H2;1H3,(H,3,4);. The summed E-state index contributed by atoms with van der Waals surface area (Å²) in [6.07, 6.45) is 1.10. The van der Waals surface area contributed by atoms with E-state index in [0.717, 1.165) is 13.3 Å².